The maximum atomic E-state index is 12.6. The minimum absolute atomic E-state index is 0.0292. The Bertz CT molecular complexity index is 548. The summed E-state index contributed by atoms with van der Waals surface area (Å²) in [7, 11) is 1.62. The third-order valence-electron chi connectivity index (χ3n) is 4.07. The van der Waals surface area contributed by atoms with Crippen LogP contribution in [0.5, 0.6) is 5.75 Å². The average Bonchev–Trinajstić information content (AvgIpc) is 2.54. The summed E-state index contributed by atoms with van der Waals surface area (Å²) in [5.74, 6) is 0.904. The number of piperidine rings is 1. The predicted molar refractivity (Wildman–Crippen MR) is 83.4 cm³/mol. The molecular formula is C17H23NO4. The fraction of sp³-hybridized carbons (Fsp3) is 0.529. The maximum Gasteiger partial charge on any atom is 0.409 e. The molecule has 1 aromatic carbocycles. The van der Waals surface area contributed by atoms with E-state index < -0.39 is 0 Å². The predicted octanol–water partition coefficient (Wildman–Crippen LogP) is 3.05. The summed E-state index contributed by atoms with van der Waals surface area (Å²) < 4.78 is 10.2. The number of aryl methyl sites for hydroxylation is 1. The summed E-state index contributed by atoms with van der Waals surface area (Å²) in [5.41, 5.74) is 1.67. The number of benzene rings is 1. The Kier molecular flexibility index (Phi) is 5.41. The molecule has 0 aromatic heterocycles. The van der Waals surface area contributed by atoms with Gasteiger partial charge in [-0.1, -0.05) is 0 Å². The zero-order valence-corrected chi connectivity index (χ0v) is 13.4. The van der Waals surface area contributed by atoms with E-state index in [9.17, 15) is 9.59 Å². The zero-order valence-electron chi connectivity index (χ0n) is 13.4. The first-order valence-electron chi connectivity index (χ1n) is 7.67. The molecule has 1 fully saturated rings. The van der Waals surface area contributed by atoms with Crippen LogP contribution in [-0.4, -0.2) is 43.6 Å². The number of methoxy groups -OCH3 is 1. The van der Waals surface area contributed by atoms with Crippen LogP contribution in [0.3, 0.4) is 0 Å². The average molecular weight is 305 g/mol. The van der Waals surface area contributed by atoms with Gasteiger partial charge in [-0.2, -0.15) is 0 Å². The van der Waals surface area contributed by atoms with Crippen molar-refractivity contribution in [2.75, 3.05) is 26.8 Å². The summed E-state index contributed by atoms with van der Waals surface area (Å²) in [6.45, 7) is 5.25. The summed E-state index contributed by atoms with van der Waals surface area (Å²) in [6, 6.07) is 5.51. The SMILES string of the molecule is CCOC(=O)N1CCC(C(=O)c2ccc(OC)c(C)c2)CC1. The summed E-state index contributed by atoms with van der Waals surface area (Å²) >= 11 is 0. The number of ketones is 1. The standard InChI is InChI=1S/C17H23NO4/c1-4-22-17(20)18-9-7-13(8-10-18)16(19)14-5-6-15(21-3)12(2)11-14/h5-6,11,13H,4,7-10H2,1-3H3. The van der Waals surface area contributed by atoms with E-state index in [0.717, 1.165) is 11.3 Å². The zero-order chi connectivity index (χ0) is 16.1. The fourth-order valence-electron chi connectivity index (χ4n) is 2.81. The van der Waals surface area contributed by atoms with Gasteiger partial charge in [-0.25, -0.2) is 4.79 Å². The molecule has 22 heavy (non-hydrogen) atoms. The van der Waals surface area contributed by atoms with Crippen LogP contribution >= 0.6 is 0 Å². The third-order valence-corrected chi connectivity index (χ3v) is 4.07. The third kappa shape index (κ3) is 3.59. The Morgan fingerprint density at radius 1 is 1.27 bits per heavy atom. The molecule has 0 N–H and O–H groups in total. The van der Waals surface area contributed by atoms with Crippen molar-refractivity contribution in [3.63, 3.8) is 0 Å². The molecule has 1 heterocycles. The van der Waals surface area contributed by atoms with Gasteiger partial charge in [0.1, 0.15) is 5.75 Å². The molecule has 2 rings (SSSR count). The summed E-state index contributed by atoms with van der Waals surface area (Å²) in [5, 5.41) is 0. The van der Waals surface area contributed by atoms with E-state index in [1.807, 2.05) is 25.1 Å². The molecule has 1 aromatic rings. The molecule has 0 spiro atoms. The topological polar surface area (TPSA) is 55.8 Å². The number of carbonyl (C=O) groups excluding carboxylic acids is 2. The highest BCUT2D eigenvalue weighted by atomic mass is 16.6. The van der Waals surface area contributed by atoms with Gasteiger partial charge < -0.3 is 14.4 Å². The van der Waals surface area contributed by atoms with E-state index in [0.29, 0.717) is 38.1 Å². The van der Waals surface area contributed by atoms with E-state index in [1.54, 1.807) is 18.9 Å². The van der Waals surface area contributed by atoms with Gasteiger partial charge in [-0.15, -0.1) is 0 Å². The minimum atomic E-state index is -0.284. The highest BCUT2D eigenvalue weighted by Gasteiger charge is 2.28. The first-order chi connectivity index (χ1) is 10.6. The van der Waals surface area contributed by atoms with Crippen molar-refractivity contribution >= 4 is 11.9 Å². The molecule has 0 bridgehead atoms. The Balaban J connectivity index is 1.98. The second kappa shape index (κ2) is 7.29. The lowest BCUT2D eigenvalue weighted by Crippen LogP contribution is -2.40. The lowest BCUT2D eigenvalue weighted by Gasteiger charge is -2.30. The van der Waals surface area contributed by atoms with Gasteiger partial charge in [0, 0.05) is 24.6 Å². The molecule has 0 aliphatic carbocycles. The van der Waals surface area contributed by atoms with Crippen molar-refractivity contribution in [2.24, 2.45) is 5.92 Å². The molecule has 5 heteroatoms. The Labute approximate surface area is 131 Å². The van der Waals surface area contributed by atoms with Crippen LogP contribution < -0.4 is 4.74 Å². The van der Waals surface area contributed by atoms with Gasteiger partial charge in [-0.05, 0) is 50.5 Å². The van der Waals surface area contributed by atoms with Crippen LogP contribution in [0.15, 0.2) is 18.2 Å². The van der Waals surface area contributed by atoms with E-state index in [-0.39, 0.29) is 17.8 Å². The molecule has 1 amide bonds. The largest absolute Gasteiger partial charge is 0.496 e. The normalized spacial score (nSPS) is 15.5. The Morgan fingerprint density at radius 2 is 1.95 bits per heavy atom. The number of hydrogen-bond donors (Lipinski definition) is 0. The molecule has 1 aliphatic rings. The van der Waals surface area contributed by atoms with Crippen LogP contribution in [0, 0.1) is 12.8 Å². The highest BCUT2D eigenvalue weighted by molar-refractivity contribution is 5.98. The number of likely N-dealkylation sites (tertiary alicyclic amines) is 1. The first-order valence-corrected chi connectivity index (χ1v) is 7.67. The number of rotatable bonds is 4. The van der Waals surface area contributed by atoms with Gasteiger partial charge in [0.2, 0.25) is 0 Å². The van der Waals surface area contributed by atoms with Crippen molar-refractivity contribution in [1.82, 2.24) is 4.90 Å². The van der Waals surface area contributed by atoms with Gasteiger partial charge in [-0.3, -0.25) is 4.79 Å². The number of carbonyl (C=O) groups is 2. The second-order valence-electron chi connectivity index (χ2n) is 5.51. The van der Waals surface area contributed by atoms with Crippen molar-refractivity contribution in [3.8, 4) is 5.75 Å². The highest BCUT2D eigenvalue weighted by Crippen LogP contribution is 2.25. The van der Waals surface area contributed by atoms with Gasteiger partial charge >= 0.3 is 6.09 Å². The van der Waals surface area contributed by atoms with Crippen molar-refractivity contribution in [2.45, 2.75) is 26.7 Å². The lowest BCUT2D eigenvalue weighted by atomic mass is 9.88. The van der Waals surface area contributed by atoms with E-state index in [2.05, 4.69) is 0 Å². The van der Waals surface area contributed by atoms with Crippen molar-refractivity contribution in [3.05, 3.63) is 29.3 Å². The van der Waals surface area contributed by atoms with Crippen LogP contribution in [0.4, 0.5) is 4.79 Å². The summed E-state index contributed by atoms with van der Waals surface area (Å²) in [4.78, 5) is 25.9. The molecule has 1 saturated heterocycles. The molecule has 0 atom stereocenters. The van der Waals surface area contributed by atoms with Gasteiger partial charge in [0.05, 0.1) is 13.7 Å². The molecule has 0 saturated carbocycles. The van der Waals surface area contributed by atoms with Crippen LogP contribution in [-0.2, 0) is 4.74 Å². The second-order valence-corrected chi connectivity index (χ2v) is 5.51. The van der Waals surface area contributed by atoms with Gasteiger partial charge in [0.25, 0.3) is 0 Å². The number of amides is 1. The van der Waals surface area contributed by atoms with E-state index in [4.69, 9.17) is 9.47 Å². The minimum Gasteiger partial charge on any atom is -0.496 e. The maximum absolute atomic E-state index is 12.6. The number of ether oxygens (including phenoxy) is 2. The molecule has 120 valence electrons. The van der Waals surface area contributed by atoms with Crippen molar-refractivity contribution < 1.29 is 19.1 Å². The monoisotopic (exact) mass is 305 g/mol. The lowest BCUT2D eigenvalue weighted by molar-refractivity contribution is 0.0753. The fourth-order valence-corrected chi connectivity index (χ4v) is 2.81. The molecule has 0 unspecified atom stereocenters. The van der Waals surface area contributed by atoms with E-state index >= 15 is 0 Å². The quantitative estimate of drug-likeness (QED) is 0.802. The summed E-state index contributed by atoms with van der Waals surface area (Å²) in [6.07, 6.45) is 1.08. The number of Topliss-reactive ketones (excluding diaryl/α,β-unsaturated/α-hetero) is 1. The van der Waals surface area contributed by atoms with Crippen molar-refractivity contribution in [1.29, 1.82) is 0 Å². The van der Waals surface area contributed by atoms with Crippen LogP contribution in [0.2, 0.25) is 0 Å². The Hall–Kier alpha value is -2.04. The number of nitrogens with zero attached hydrogens (tertiary/aromatic N) is 1. The Morgan fingerprint density at radius 3 is 2.50 bits per heavy atom. The van der Waals surface area contributed by atoms with E-state index in [1.165, 1.54) is 0 Å². The van der Waals surface area contributed by atoms with Crippen LogP contribution in [0.1, 0.15) is 35.7 Å². The number of hydrogen-bond acceptors (Lipinski definition) is 4. The molecular weight excluding hydrogens is 282 g/mol. The molecule has 1 aliphatic heterocycles. The molecule has 5 nitrogen and oxygen atoms in total. The van der Waals surface area contributed by atoms with Gasteiger partial charge in [0.15, 0.2) is 5.78 Å². The molecule has 0 radical (unpaired) electrons. The smallest absolute Gasteiger partial charge is 0.409 e. The van der Waals surface area contributed by atoms with Crippen LogP contribution in [0.25, 0.3) is 0 Å². The first kappa shape index (κ1) is 16.3.